The number of aromatic hydroxyl groups is 2. The first-order valence-electron chi connectivity index (χ1n) is 11.7. The zero-order valence-electron chi connectivity index (χ0n) is 21.5. The summed E-state index contributed by atoms with van der Waals surface area (Å²) in [7, 11) is 1.47. The third kappa shape index (κ3) is 6.65. The van der Waals surface area contributed by atoms with Crippen LogP contribution in [0.25, 0.3) is 0 Å². The summed E-state index contributed by atoms with van der Waals surface area (Å²) in [6.07, 6.45) is 0. The predicted octanol–water partition coefficient (Wildman–Crippen LogP) is 5.73. The van der Waals surface area contributed by atoms with Crippen LogP contribution >= 0.6 is 15.9 Å². The zero-order valence-corrected chi connectivity index (χ0v) is 23.1. The van der Waals surface area contributed by atoms with Crippen molar-refractivity contribution >= 4 is 50.7 Å². The minimum atomic E-state index is -0.778. The van der Waals surface area contributed by atoms with Gasteiger partial charge in [-0.2, -0.15) is 10.5 Å². The average molecular weight is 615 g/mol. The molecular formula is C29H23BrN6O5. The highest BCUT2D eigenvalue weighted by Gasteiger charge is 2.23. The van der Waals surface area contributed by atoms with E-state index in [4.69, 9.17) is 26.7 Å². The highest BCUT2D eigenvalue weighted by Crippen LogP contribution is 2.39. The fraction of sp³-hybridized carbons (Fsp3) is 0.0345. The van der Waals surface area contributed by atoms with Crippen molar-refractivity contribution in [2.24, 2.45) is 11.5 Å². The van der Waals surface area contributed by atoms with Crippen molar-refractivity contribution in [1.82, 2.24) is 0 Å². The number of phenolic OH excluding ortho intramolecular Hbond substituents is 2. The van der Waals surface area contributed by atoms with Crippen LogP contribution in [0.5, 0.6) is 17.2 Å². The summed E-state index contributed by atoms with van der Waals surface area (Å²) in [5.41, 5.74) is 12.4. The maximum Gasteiger partial charge on any atom is 0.324 e. The molecule has 0 aliphatic rings. The minimum absolute atomic E-state index is 0.0702. The topological polar surface area (TPSA) is 190 Å². The molecule has 4 aromatic carbocycles. The Balaban J connectivity index is 0.000000226. The lowest BCUT2D eigenvalue weighted by molar-refractivity contribution is 0.255. The number of urea groups is 2. The van der Waals surface area contributed by atoms with E-state index in [9.17, 15) is 19.8 Å². The molecule has 4 amide bonds. The van der Waals surface area contributed by atoms with Gasteiger partial charge in [0.15, 0.2) is 5.75 Å². The van der Waals surface area contributed by atoms with Gasteiger partial charge in [-0.1, -0.05) is 30.3 Å². The summed E-state index contributed by atoms with van der Waals surface area (Å²) in [6.45, 7) is 0. The molecular weight excluding hydrogens is 592 g/mol. The van der Waals surface area contributed by atoms with Crippen LogP contribution in [0.1, 0.15) is 11.1 Å². The van der Waals surface area contributed by atoms with E-state index in [2.05, 4.69) is 15.9 Å². The maximum atomic E-state index is 11.8. The Labute approximate surface area is 243 Å². The molecule has 0 aliphatic heterocycles. The third-order valence-electron chi connectivity index (χ3n) is 5.58. The summed E-state index contributed by atoms with van der Waals surface area (Å²) in [4.78, 5) is 25.8. The van der Waals surface area contributed by atoms with Gasteiger partial charge in [0.2, 0.25) is 0 Å². The molecule has 0 saturated carbocycles. The molecule has 0 aliphatic carbocycles. The van der Waals surface area contributed by atoms with Crippen LogP contribution in [-0.2, 0) is 0 Å². The second-order valence-corrected chi connectivity index (χ2v) is 8.93. The van der Waals surface area contributed by atoms with Crippen LogP contribution in [0.2, 0.25) is 0 Å². The summed E-state index contributed by atoms with van der Waals surface area (Å²) >= 11 is 3.33. The number of methoxy groups -OCH3 is 1. The first-order valence-corrected chi connectivity index (χ1v) is 12.5. The minimum Gasteiger partial charge on any atom is -0.506 e. The van der Waals surface area contributed by atoms with Crippen LogP contribution in [0, 0.1) is 22.7 Å². The Kier molecular flexibility index (Phi) is 9.73. The van der Waals surface area contributed by atoms with E-state index in [0.29, 0.717) is 21.6 Å². The number of hydrogen-bond donors (Lipinski definition) is 4. The molecule has 0 spiro atoms. The number of nitrogens with two attached hydrogens (primary N) is 2. The molecule has 0 aromatic heterocycles. The van der Waals surface area contributed by atoms with Crippen LogP contribution in [0.4, 0.5) is 32.3 Å². The normalized spacial score (nSPS) is 9.76. The van der Waals surface area contributed by atoms with Crippen molar-refractivity contribution in [3.63, 3.8) is 0 Å². The Bertz CT molecular complexity index is 1680. The molecule has 4 aromatic rings. The van der Waals surface area contributed by atoms with Crippen molar-refractivity contribution < 1.29 is 24.5 Å². The van der Waals surface area contributed by atoms with Crippen molar-refractivity contribution in [2.75, 3.05) is 16.9 Å². The number of hydrogen-bond acceptors (Lipinski definition) is 7. The van der Waals surface area contributed by atoms with Gasteiger partial charge in [0.1, 0.15) is 17.6 Å². The maximum absolute atomic E-state index is 11.8. The number of ether oxygens (including phenoxy) is 1. The number of phenols is 2. The number of amides is 4. The van der Waals surface area contributed by atoms with Gasteiger partial charge in [-0.3, -0.25) is 9.80 Å². The number of benzene rings is 4. The van der Waals surface area contributed by atoms with Gasteiger partial charge in [-0.25, -0.2) is 9.59 Å². The fourth-order valence-electron chi connectivity index (χ4n) is 3.77. The first-order chi connectivity index (χ1) is 19.6. The number of carbonyl (C=O) groups excluding carboxylic acids is 2. The van der Waals surface area contributed by atoms with E-state index in [-0.39, 0.29) is 34.0 Å². The second-order valence-electron chi connectivity index (χ2n) is 8.07. The molecule has 0 atom stereocenters. The van der Waals surface area contributed by atoms with Crippen LogP contribution < -0.4 is 26.0 Å². The summed E-state index contributed by atoms with van der Waals surface area (Å²) in [5, 5.41) is 37.8. The lowest BCUT2D eigenvalue weighted by atomic mass is 10.1. The Morgan fingerprint density at radius 3 is 1.93 bits per heavy atom. The largest absolute Gasteiger partial charge is 0.506 e. The van der Waals surface area contributed by atoms with Gasteiger partial charge in [0, 0.05) is 4.47 Å². The number of anilines is 4. The molecule has 0 saturated heterocycles. The molecule has 0 fully saturated rings. The number of halogens is 1. The van der Waals surface area contributed by atoms with E-state index < -0.39 is 12.1 Å². The van der Waals surface area contributed by atoms with Crippen LogP contribution in [0.15, 0.2) is 89.4 Å². The quantitative estimate of drug-likeness (QED) is 0.220. The molecule has 0 radical (unpaired) electrons. The number of nitriles is 2. The van der Waals surface area contributed by atoms with Crippen molar-refractivity contribution in [2.45, 2.75) is 0 Å². The van der Waals surface area contributed by atoms with Gasteiger partial charge < -0.3 is 26.4 Å². The van der Waals surface area contributed by atoms with E-state index in [1.165, 1.54) is 37.4 Å². The van der Waals surface area contributed by atoms with Gasteiger partial charge in [-0.15, -0.1) is 0 Å². The molecule has 6 N–H and O–H groups in total. The number of primary amides is 2. The number of para-hydroxylation sites is 4. The van der Waals surface area contributed by atoms with Crippen LogP contribution in [-0.4, -0.2) is 29.4 Å². The second kappa shape index (κ2) is 13.4. The number of nitrogens with zero attached hydrogens (tertiary/aromatic N) is 4. The molecule has 41 heavy (non-hydrogen) atoms. The molecule has 206 valence electrons. The summed E-state index contributed by atoms with van der Waals surface area (Å²) in [5.74, 6) is -0.0802. The molecule has 0 unspecified atom stereocenters. The van der Waals surface area contributed by atoms with E-state index in [0.717, 1.165) is 9.80 Å². The molecule has 12 heteroatoms. The predicted molar refractivity (Wildman–Crippen MR) is 156 cm³/mol. The number of rotatable bonds is 5. The zero-order chi connectivity index (χ0) is 30.1. The van der Waals surface area contributed by atoms with Crippen molar-refractivity contribution in [1.29, 1.82) is 10.5 Å². The smallest absolute Gasteiger partial charge is 0.324 e. The van der Waals surface area contributed by atoms with Crippen molar-refractivity contribution in [3.8, 4) is 29.4 Å². The molecule has 11 nitrogen and oxygen atoms in total. The Hall–Kier alpha value is -5.72. The third-order valence-corrected chi connectivity index (χ3v) is 6.25. The fourth-order valence-corrected chi connectivity index (χ4v) is 4.23. The standard InChI is InChI=1S/C15H13N3O3.C14H10BrN3O2/c1-21-14-5-3-2-4-12(14)18(15(17)20)11-7-6-10(9-16)8-13(11)19;15-10-5-1-2-6-11(10)18(14(17)20)12-7-3-4-9(8-16)13(12)19/h2-8,19H,1H3,(H2,17,20);1-7,19H,(H2,17,20). The summed E-state index contributed by atoms with van der Waals surface area (Å²) < 4.78 is 5.84. The van der Waals surface area contributed by atoms with E-state index in [1.54, 1.807) is 54.6 Å². The molecule has 4 rings (SSSR count). The number of carbonyl (C=O) groups is 2. The Morgan fingerprint density at radius 1 is 0.780 bits per heavy atom. The summed E-state index contributed by atoms with van der Waals surface area (Å²) in [6, 6.07) is 24.7. The monoisotopic (exact) mass is 614 g/mol. The molecule has 0 heterocycles. The van der Waals surface area contributed by atoms with E-state index in [1.807, 2.05) is 12.1 Å². The van der Waals surface area contributed by atoms with Crippen LogP contribution in [0.3, 0.4) is 0 Å². The highest BCUT2D eigenvalue weighted by molar-refractivity contribution is 9.10. The lowest BCUT2D eigenvalue weighted by Gasteiger charge is -2.23. The van der Waals surface area contributed by atoms with E-state index >= 15 is 0 Å². The molecule has 0 bridgehead atoms. The average Bonchev–Trinajstić information content (AvgIpc) is 2.96. The SMILES string of the molecule is COc1ccccc1N(C(N)=O)c1ccc(C#N)cc1O.N#Cc1cccc(N(C(N)=O)c2ccccc2Br)c1O. The Morgan fingerprint density at radius 2 is 1.37 bits per heavy atom. The van der Waals surface area contributed by atoms with Gasteiger partial charge >= 0.3 is 12.1 Å². The lowest BCUT2D eigenvalue weighted by Crippen LogP contribution is -2.31. The highest BCUT2D eigenvalue weighted by atomic mass is 79.9. The van der Waals surface area contributed by atoms with Gasteiger partial charge in [0.25, 0.3) is 0 Å². The first kappa shape index (κ1) is 29.8. The van der Waals surface area contributed by atoms with Gasteiger partial charge in [0.05, 0.1) is 47.1 Å². The van der Waals surface area contributed by atoms with Crippen molar-refractivity contribution in [3.05, 3.63) is 101 Å². The van der Waals surface area contributed by atoms with Gasteiger partial charge in [-0.05, 0) is 70.5 Å².